The predicted octanol–water partition coefficient (Wildman–Crippen LogP) is 2.60. The smallest absolute Gasteiger partial charge is 0.348 e. The van der Waals surface area contributed by atoms with E-state index in [4.69, 9.17) is 9.47 Å². The molecule has 1 aliphatic heterocycles. The van der Waals surface area contributed by atoms with Gasteiger partial charge in [0.05, 0.1) is 0 Å². The Labute approximate surface area is 131 Å². The third kappa shape index (κ3) is 2.82. The van der Waals surface area contributed by atoms with Crippen LogP contribution in [0.2, 0.25) is 0 Å². The van der Waals surface area contributed by atoms with E-state index in [1.54, 1.807) is 6.07 Å². The van der Waals surface area contributed by atoms with Gasteiger partial charge in [-0.3, -0.25) is 4.79 Å². The molecule has 0 unspecified atom stereocenters. The maximum Gasteiger partial charge on any atom is 0.348 e. The summed E-state index contributed by atoms with van der Waals surface area (Å²) < 4.78 is 10.7. The molecule has 2 heterocycles. The summed E-state index contributed by atoms with van der Waals surface area (Å²) in [6, 6.07) is 9.50. The number of likely N-dealkylation sites (N-methyl/N-ethyl adjacent to an activating group) is 1. The van der Waals surface area contributed by atoms with Gasteiger partial charge in [-0.05, 0) is 25.1 Å². The highest BCUT2D eigenvalue weighted by molar-refractivity contribution is 7.17. The molecule has 6 heteroatoms. The Morgan fingerprint density at radius 3 is 3.00 bits per heavy atom. The maximum absolute atomic E-state index is 12.1. The zero-order valence-corrected chi connectivity index (χ0v) is 12.9. The normalized spacial score (nSPS) is 11.9. The molecule has 1 aromatic heterocycles. The fourth-order valence-corrected chi connectivity index (χ4v) is 3.34. The number of amides is 1. The fourth-order valence-electron chi connectivity index (χ4n) is 2.25. The Kier molecular flexibility index (Phi) is 4.11. The molecule has 0 aliphatic carbocycles. The summed E-state index contributed by atoms with van der Waals surface area (Å²) in [5, 5.41) is 2.58. The van der Waals surface area contributed by atoms with Crippen molar-refractivity contribution in [2.75, 3.05) is 13.2 Å². The standard InChI is InChI=1S/C16H15NO4S/c1-2-17-14(18)9-21-16(19)13-7-10-8-20-12-6-4-3-5-11(12)15(10)22-13/h3-7H,2,8-9H2,1H3,(H,17,18). The number of thiophene rings is 1. The summed E-state index contributed by atoms with van der Waals surface area (Å²) in [5.74, 6) is 0.0353. The molecule has 1 aromatic carbocycles. The van der Waals surface area contributed by atoms with Crippen molar-refractivity contribution in [2.24, 2.45) is 0 Å². The average molecular weight is 317 g/mol. The second kappa shape index (κ2) is 6.19. The molecule has 0 saturated carbocycles. The zero-order valence-electron chi connectivity index (χ0n) is 12.0. The van der Waals surface area contributed by atoms with E-state index in [9.17, 15) is 9.59 Å². The number of nitrogens with one attached hydrogen (secondary N) is 1. The first kappa shape index (κ1) is 14.6. The number of hydrogen-bond acceptors (Lipinski definition) is 5. The molecule has 0 atom stereocenters. The van der Waals surface area contributed by atoms with Crippen molar-refractivity contribution in [3.05, 3.63) is 40.8 Å². The number of esters is 1. The lowest BCUT2D eigenvalue weighted by atomic mass is 10.1. The van der Waals surface area contributed by atoms with Crippen LogP contribution in [0, 0.1) is 0 Å². The summed E-state index contributed by atoms with van der Waals surface area (Å²) in [6.45, 7) is 2.50. The van der Waals surface area contributed by atoms with Gasteiger partial charge in [0.15, 0.2) is 6.61 Å². The van der Waals surface area contributed by atoms with E-state index < -0.39 is 5.97 Å². The lowest BCUT2D eigenvalue weighted by Gasteiger charge is -2.16. The minimum Gasteiger partial charge on any atom is -0.488 e. The van der Waals surface area contributed by atoms with Crippen molar-refractivity contribution in [3.63, 3.8) is 0 Å². The first-order chi connectivity index (χ1) is 10.7. The van der Waals surface area contributed by atoms with Crippen LogP contribution in [0.5, 0.6) is 5.75 Å². The van der Waals surface area contributed by atoms with E-state index >= 15 is 0 Å². The highest BCUT2D eigenvalue weighted by atomic mass is 32.1. The lowest BCUT2D eigenvalue weighted by molar-refractivity contribution is -0.124. The number of carbonyl (C=O) groups is 2. The SMILES string of the molecule is CCNC(=O)COC(=O)c1cc2c(s1)-c1ccccc1OC2. The highest BCUT2D eigenvalue weighted by Gasteiger charge is 2.23. The summed E-state index contributed by atoms with van der Waals surface area (Å²) >= 11 is 1.36. The third-order valence-electron chi connectivity index (χ3n) is 3.23. The van der Waals surface area contributed by atoms with Crippen LogP contribution in [0.3, 0.4) is 0 Å². The van der Waals surface area contributed by atoms with Crippen LogP contribution >= 0.6 is 11.3 Å². The van der Waals surface area contributed by atoms with Crippen molar-refractivity contribution in [1.29, 1.82) is 0 Å². The number of benzene rings is 1. The van der Waals surface area contributed by atoms with Crippen LogP contribution in [0.15, 0.2) is 30.3 Å². The van der Waals surface area contributed by atoms with Gasteiger partial charge in [-0.2, -0.15) is 0 Å². The van der Waals surface area contributed by atoms with Gasteiger partial charge in [0, 0.05) is 22.5 Å². The van der Waals surface area contributed by atoms with E-state index in [1.165, 1.54) is 11.3 Å². The fraction of sp³-hybridized carbons (Fsp3) is 0.250. The Morgan fingerprint density at radius 1 is 1.36 bits per heavy atom. The van der Waals surface area contributed by atoms with Gasteiger partial charge in [0.1, 0.15) is 17.2 Å². The molecule has 2 aromatic rings. The summed E-state index contributed by atoms with van der Waals surface area (Å²) in [7, 11) is 0. The molecule has 0 fully saturated rings. The van der Waals surface area contributed by atoms with Gasteiger partial charge in [-0.1, -0.05) is 12.1 Å². The van der Waals surface area contributed by atoms with E-state index in [0.29, 0.717) is 18.0 Å². The summed E-state index contributed by atoms with van der Waals surface area (Å²) in [4.78, 5) is 24.9. The average Bonchev–Trinajstić information content (AvgIpc) is 2.97. The van der Waals surface area contributed by atoms with Crippen LogP contribution in [0.4, 0.5) is 0 Å². The number of carbonyl (C=O) groups excluding carboxylic acids is 2. The van der Waals surface area contributed by atoms with Gasteiger partial charge in [0.2, 0.25) is 0 Å². The number of fused-ring (bicyclic) bond motifs is 3. The van der Waals surface area contributed by atoms with Crippen molar-refractivity contribution >= 4 is 23.2 Å². The second-order valence-corrected chi connectivity index (χ2v) is 5.83. The molecule has 5 nitrogen and oxygen atoms in total. The molecule has 1 aliphatic rings. The quantitative estimate of drug-likeness (QED) is 0.880. The second-order valence-electron chi connectivity index (χ2n) is 4.78. The van der Waals surface area contributed by atoms with Gasteiger partial charge in [-0.15, -0.1) is 11.3 Å². The van der Waals surface area contributed by atoms with Gasteiger partial charge in [0.25, 0.3) is 5.91 Å². The number of para-hydroxylation sites is 1. The molecular formula is C16H15NO4S. The Bertz CT molecular complexity index is 723. The first-order valence-corrected chi connectivity index (χ1v) is 7.79. The largest absolute Gasteiger partial charge is 0.488 e. The summed E-state index contributed by atoms with van der Waals surface area (Å²) in [5.41, 5.74) is 1.95. The molecular weight excluding hydrogens is 302 g/mol. The molecule has 114 valence electrons. The van der Waals surface area contributed by atoms with Crippen molar-refractivity contribution in [1.82, 2.24) is 5.32 Å². The van der Waals surface area contributed by atoms with E-state index in [2.05, 4.69) is 5.32 Å². The van der Waals surface area contributed by atoms with E-state index in [0.717, 1.165) is 21.8 Å². The number of hydrogen-bond donors (Lipinski definition) is 1. The molecule has 0 spiro atoms. The minimum absolute atomic E-state index is 0.262. The minimum atomic E-state index is -0.483. The van der Waals surface area contributed by atoms with E-state index in [1.807, 2.05) is 31.2 Å². The van der Waals surface area contributed by atoms with Crippen LogP contribution in [0.1, 0.15) is 22.2 Å². The Morgan fingerprint density at radius 2 is 2.18 bits per heavy atom. The van der Waals surface area contributed by atoms with Crippen LogP contribution in [-0.2, 0) is 16.1 Å². The zero-order chi connectivity index (χ0) is 15.5. The Balaban J connectivity index is 1.77. The molecule has 1 amide bonds. The monoisotopic (exact) mass is 317 g/mol. The molecule has 0 saturated heterocycles. The lowest BCUT2D eigenvalue weighted by Crippen LogP contribution is -2.28. The van der Waals surface area contributed by atoms with E-state index in [-0.39, 0.29) is 12.5 Å². The Hall–Kier alpha value is -2.34. The highest BCUT2D eigenvalue weighted by Crippen LogP contribution is 2.42. The molecule has 0 radical (unpaired) electrons. The third-order valence-corrected chi connectivity index (χ3v) is 4.42. The van der Waals surface area contributed by atoms with Gasteiger partial charge in [-0.25, -0.2) is 4.79 Å². The van der Waals surface area contributed by atoms with Crippen LogP contribution in [-0.4, -0.2) is 25.0 Å². The van der Waals surface area contributed by atoms with Crippen molar-refractivity contribution in [3.8, 4) is 16.2 Å². The summed E-state index contributed by atoms with van der Waals surface area (Å²) in [6.07, 6.45) is 0. The van der Waals surface area contributed by atoms with Gasteiger partial charge < -0.3 is 14.8 Å². The van der Waals surface area contributed by atoms with Crippen LogP contribution in [0.25, 0.3) is 10.4 Å². The van der Waals surface area contributed by atoms with Gasteiger partial charge >= 0.3 is 5.97 Å². The number of ether oxygens (including phenoxy) is 2. The molecule has 1 N–H and O–H groups in total. The molecule has 3 rings (SSSR count). The molecule has 0 bridgehead atoms. The topological polar surface area (TPSA) is 64.6 Å². The number of rotatable bonds is 4. The predicted molar refractivity (Wildman–Crippen MR) is 83.1 cm³/mol. The maximum atomic E-state index is 12.1. The molecule has 22 heavy (non-hydrogen) atoms. The first-order valence-electron chi connectivity index (χ1n) is 6.97. The van der Waals surface area contributed by atoms with Crippen molar-refractivity contribution in [2.45, 2.75) is 13.5 Å². The van der Waals surface area contributed by atoms with Crippen molar-refractivity contribution < 1.29 is 19.1 Å². The van der Waals surface area contributed by atoms with Crippen LogP contribution < -0.4 is 10.1 Å².